The zero-order chi connectivity index (χ0) is 2.00. The van der Waals surface area contributed by atoms with E-state index in [9.17, 15) is 0 Å². The minimum atomic E-state index is 0. The molecule has 0 nitrogen and oxygen atoms in total. The van der Waals surface area contributed by atoms with Crippen LogP contribution < -0.4 is 0 Å². The van der Waals surface area contributed by atoms with E-state index in [-0.39, 0.29) is 87.3 Å². The smallest absolute Gasteiger partial charge is 1.00 e. The summed E-state index contributed by atoms with van der Waals surface area (Å²) in [5.74, 6) is 0. The molecule has 4 heteroatoms. The van der Waals surface area contributed by atoms with Gasteiger partial charge in [0, 0.05) is 43.0 Å². The van der Waals surface area contributed by atoms with Crippen LogP contribution in [0.5, 0.6) is 0 Å². The van der Waals surface area contributed by atoms with Crippen molar-refractivity contribution in [3.05, 3.63) is 0 Å². The summed E-state index contributed by atoms with van der Waals surface area (Å²) in [6.45, 7) is 0. The van der Waals surface area contributed by atoms with Crippen LogP contribution in [0.4, 0.5) is 0 Å². The van der Waals surface area contributed by atoms with Crippen molar-refractivity contribution in [3.63, 3.8) is 0 Å². The van der Waals surface area contributed by atoms with Gasteiger partial charge in [-0.25, -0.2) is 0 Å². The molecule has 0 fully saturated rings. The molecule has 0 N–H and O–H groups in total. The summed E-state index contributed by atoms with van der Waals surface area (Å²) in [7, 11) is 5.44. The van der Waals surface area contributed by atoms with Crippen LogP contribution in [0, 0.1) is 35.6 Å². The van der Waals surface area contributed by atoms with Crippen molar-refractivity contribution in [2.75, 3.05) is 0 Å². The predicted octanol–water partition coefficient (Wildman–Crippen LogP) is -1.72. The van der Waals surface area contributed by atoms with Gasteiger partial charge in [0.15, 0.2) is 0 Å². The molecule has 0 saturated heterocycles. The molecule has 0 aliphatic heterocycles. The molecular weight excluding hydrogens is 315 g/mol. The van der Waals surface area contributed by atoms with Crippen molar-refractivity contribution in [3.8, 4) is 0 Å². The minimum absolute atomic E-state index is 0. The van der Waals surface area contributed by atoms with E-state index in [1.54, 1.807) is 0 Å². The standard InChI is InChI=1S/BH3Si.Ba.La.2H/c1-2;;;;/h2H3;;;;/q;+2;;2*-1. The molecule has 0 aliphatic carbocycles. The SMILES string of the molecule is [B][SiH3].[Ba+2].[H-].[H-].[La]. The Hall–Kier alpha value is 3.05. The molecule has 0 heterocycles. The second-order valence-corrected chi connectivity index (χ2v) is 0. The Labute approximate surface area is 102 Å². The topological polar surface area (TPSA) is 0 Å². The fourth-order valence-corrected chi connectivity index (χ4v) is 0. The van der Waals surface area contributed by atoms with Gasteiger partial charge < -0.3 is 2.85 Å². The van der Waals surface area contributed by atoms with E-state index in [2.05, 4.69) is 7.44 Å². The molecule has 0 aromatic carbocycles. The molecule has 0 saturated carbocycles. The zero-order valence-electron chi connectivity index (χ0n) is 4.86. The van der Waals surface area contributed by atoms with Crippen LogP contribution in [-0.2, 0) is 0 Å². The first-order valence-corrected chi connectivity index (χ1v) is 1.73. The van der Waals surface area contributed by atoms with Crippen LogP contribution in [0.3, 0.4) is 0 Å². The van der Waals surface area contributed by atoms with Crippen LogP contribution in [0.1, 0.15) is 2.85 Å². The first-order chi connectivity index (χ1) is 1.00. The van der Waals surface area contributed by atoms with Gasteiger partial charge in [-0.3, -0.25) is 0 Å². The van der Waals surface area contributed by atoms with Gasteiger partial charge in [0.2, 0.25) is 0 Å². The molecule has 0 aromatic rings. The van der Waals surface area contributed by atoms with Crippen LogP contribution >= 0.6 is 0 Å². The minimum Gasteiger partial charge on any atom is -1.00 e. The maximum absolute atomic E-state index is 4.64. The van der Waals surface area contributed by atoms with Gasteiger partial charge >= 0.3 is 48.9 Å². The molecule has 4 heavy (non-hydrogen) atoms. The zero-order valence-corrected chi connectivity index (χ0v) is 12.9. The summed E-state index contributed by atoms with van der Waals surface area (Å²) >= 11 is 0. The Morgan fingerprint density at radius 2 is 1.50 bits per heavy atom. The van der Waals surface area contributed by atoms with Crippen LogP contribution in [0.25, 0.3) is 0 Å². The van der Waals surface area contributed by atoms with Gasteiger partial charge in [-0.05, 0) is 10.1 Å². The fraction of sp³-hybridized carbons (Fsp3) is 0. The molecule has 0 amide bonds. The Balaban J connectivity index is -0.000000000833. The molecule has 0 unspecified atom stereocenters. The maximum atomic E-state index is 4.64. The van der Waals surface area contributed by atoms with E-state index in [1.165, 1.54) is 0 Å². The third kappa shape index (κ3) is 8.90. The molecule has 0 aliphatic rings. The second-order valence-electron chi connectivity index (χ2n) is 0. The monoisotopic (exact) mass is 321 g/mol. The van der Waals surface area contributed by atoms with Crippen molar-refractivity contribution in [1.82, 2.24) is 0 Å². The third-order valence-corrected chi connectivity index (χ3v) is 0. The average Bonchev–Trinajstić information content (AvgIpc) is 1.00. The van der Waals surface area contributed by atoms with Gasteiger partial charge in [0.1, 0.15) is 0 Å². The van der Waals surface area contributed by atoms with E-state index in [4.69, 9.17) is 0 Å². The summed E-state index contributed by atoms with van der Waals surface area (Å²) < 4.78 is 0. The first kappa shape index (κ1) is 15.7. The van der Waals surface area contributed by atoms with Gasteiger partial charge in [-0.2, -0.15) is 0 Å². The normalized spacial score (nSPS) is 2.00. The quantitative estimate of drug-likeness (QED) is 0.466. The van der Waals surface area contributed by atoms with Crippen LogP contribution in [0.15, 0.2) is 0 Å². The van der Waals surface area contributed by atoms with E-state index in [0.717, 1.165) is 10.1 Å². The Morgan fingerprint density at radius 1 is 1.50 bits per heavy atom. The largest absolute Gasteiger partial charge is 2.00 e. The van der Waals surface area contributed by atoms with E-state index in [1.807, 2.05) is 0 Å². The predicted molar refractivity (Wildman–Crippen MR) is 23.7 cm³/mol. The third-order valence-electron chi connectivity index (χ3n) is 0. The van der Waals surface area contributed by atoms with Crippen LogP contribution in [-0.4, -0.2) is 66.4 Å². The fourth-order valence-electron chi connectivity index (χ4n) is 0. The molecule has 0 aromatic heterocycles. The Morgan fingerprint density at radius 3 is 1.50 bits per heavy atom. The number of hydrogen-bond acceptors (Lipinski definition) is 0. The van der Waals surface area contributed by atoms with Gasteiger partial charge in [0.25, 0.3) is 0 Å². The molecule has 0 spiro atoms. The molecule has 0 atom stereocenters. The van der Waals surface area contributed by atoms with E-state index >= 15 is 0 Å². The number of hydrogen-bond donors (Lipinski definition) is 0. The van der Waals surface area contributed by atoms with Crippen molar-refractivity contribution in [2.45, 2.75) is 0 Å². The summed E-state index contributed by atoms with van der Waals surface area (Å²) in [4.78, 5) is 0. The number of rotatable bonds is 0. The Kier molecular flexibility index (Phi) is 65.2. The molecule has 0 bridgehead atoms. The molecule has 0 rings (SSSR count). The van der Waals surface area contributed by atoms with E-state index < -0.39 is 0 Å². The summed E-state index contributed by atoms with van der Waals surface area (Å²) in [5.41, 5.74) is 0. The first-order valence-electron chi connectivity index (χ1n) is 0.577. The average molecular weight is 320 g/mol. The van der Waals surface area contributed by atoms with Crippen molar-refractivity contribution >= 4 is 66.4 Å². The molecule has 17 valence electrons. The molecular formula is H5BBaLaSi. The molecule has 3 radical (unpaired) electrons. The van der Waals surface area contributed by atoms with Gasteiger partial charge in [-0.1, -0.05) is 0 Å². The second kappa shape index (κ2) is 16.6. The summed E-state index contributed by atoms with van der Waals surface area (Å²) in [6, 6.07) is 0. The van der Waals surface area contributed by atoms with Crippen molar-refractivity contribution in [1.29, 1.82) is 0 Å². The Bertz CT molecular complexity index is 13.5. The van der Waals surface area contributed by atoms with Gasteiger partial charge in [0.05, 0.1) is 0 Å². The summed E-state index contributed by atoms with van der Waals surface area (Å²) in [5, 5.41) is 0. The maximum Gasteiger partial charge on any atom is 2.00 e. The van der Waals surface area contributed by atoms with Crippen molar-refractivity contribution < 1.29 is 38.5 Å². The van der Waals surface area contributed by atoms with Crippen molar-refractivity contribution in [2.24, 2.45) is 0 Å². The summed E-state index contributed by atoms with van der Waals surface area (Å²) in [6.07, 6.45) is 0. The van der Waals surface area contributed by atoms with Crippen LogP contribution in [0.2, 0.25) is 0 Å². The van der Waals surface area contributed by atoms with E-state index in [0.29, 0.717) is 0 Å². The van der Waals surface area contributed by atoms with Gasteiger partial charge in [-0.15, -0.1) is 0 Å².